The van der Waals surface area contributed by atoms with Crippen molar-refractivity contribution < 1.29 is 23.9 Å². The molecule has 0 unspecified atom stereocenters. The smallest absolute Gasteiger partial charge is 0.352 e. The molecule has 1 saturated heterocycles. The summed E-state index contributed by atoms with van der Waals surface area (Å²) in [5, 5.41) is 1.84. The van der Waals surface area contributed by atoms with Crippen molar-refractivity contribution in [3.63, 3.8) is 0 Å². The fourth-order valence-electron chi connectivity index (χ4n) is 4.53. The lowest BCUT2D eigenvalue weighted by molar-refractivity contribution is -0.329. The molecule has 2 rings (SSSR count). The summed E-state index contributed by atoms with van der Waals surface area (Å²) in [5.41, 5.74) is -1.43. The summed E-state index contributed by atoms with van der Waals surface area (Å²) in [4.78, 5) is 33.0. The first kappa shape index (κ1) is 27.1. The summed E-state index contributed by atoms with van der Waals surface area (Å²) >= 11 is 0. The Morgan fingerprint density at radius 1 is 0.970 bits per heavy atom. The minimum atomic E-state index is -1.83. The fourth-order valence-corrected chi connectivity index (χ4v) is 4.53. The van der Waals surface area contributed by atoms with Crippen molar-refractivity contribution in [3.8, 4) is 0 Å². The first-order chi connectivity index (χ1) is 15.6. The predicted octanol–water partition coefficient (Wildman–Crippen LogP) is 5.71. The average molecular weight is 460 g/mol. The molecule has 1 aliphatic heterocycles. The molecule has 0 bridgehead atoms. The molecule has 0 aliphatic carbocycles. The number of hydrogen-bond donors (Lipinski definition) is 0. The summed E-state index contributed by atoms with van der Waals surface area (Å²) in [6, 6.07) is 10.0. The van der Waals surface area contributed by atoms with Crippen LogP contribution in [0, 0.1) is 0 Å². The third kappa shape index (κ3) is 6.90. The summed E-state index contributed by atoms with van der Waals surface area (Å²) in [5.74, 6) is -1.37. The topological polar surface area (TPSA) is 65.1 Å². The van der Waals surface area contributed by atoms with E-state index in [9.17, 15) is 9.59 Å². The van der Waals surface area contributed by atoms with Gasteiger partial charge >= 0.3 is 11.9 Å². The molecule has 184 valence electrons. The van der Waals surface area contributed by atoms with Crippen LogP contribution in [-0.4, -0.2) is 46.9 Å². The Bertz CT molecular complexity index is 766. The predicted molar refractivity (Wildman–Crippen MR) is 130 cm³/mol. The number of hydrogen-bond acceptors (Lipinski definition) is 6. The van der Waals surface area contributed by atoms with Crippen LogP contribution in [-0.2, 0) is 23.9 Å². The van der Waals surface area contributed by atoms with Crippen LogP contribution in [0.3, 0.4) is 0 Å². The third-order valence-electron chi connectivity index (χ3n) is 6.14. The van der Waals surface area contributed by atoms with Crippen LogP contribution in [0.5, 0.6) is 0 Å². The molecular formula is C27H41NO5. The normalized spacial score (nSPS) is 18.2. The lowest BCUT2D eigenvalue weighted by Crippen LogP contribution is -2.65. The van der Waals surface area contributed by atoms with Gasteiger partial charge < -0.3 is 9.47 Å². The zero-order chi connectivity index (χ0) is 24.5. The maximum atomic E-state index is 13.3. The van der Waals surface area contributed by atoms with E-state index in [-0.39, 0.29) is 30.7 Å². The van der Waals surface area contributed by atoms with Crippen molar-refractivity contribution in [2.75, 3.05) is 13.2 Å². The Hall–Kier alpha value is -2.18. The van der Waals surface area contributed by atoms with E-state index in [1.807, 2.05) is 47.5 Å². The lowest BCUT2D eigenvalue weighted by atomic mass is 9.82. The summed E-state index contributed by atoms with van der Waals surface area (Å²) in [6.45, 7) is 12.1. The van der Waals surface area contributed by atoms with E-state index in [2.05, 4.69) is 27.7 Å². The number of rotatable bonds is 11. The van der Waals surface area contributed by atoms with Crippen LogP contribution >= 0.6 is 0 Å². The van der Waals surface area contributed by atoms with Gasteiger partial charge in [-0.1, -0.05) is 42.5 Å². The molecule has 0 N–H and O–H groups in total. The van der Waals surface area contributed by atoms with E-state index in [0.29, 0.717) is 12.8 Å². The van der Waals surface area contributed by atoms with Gasteiger partial charge in [-0.25, -0.2) is 9.59 Å². The highest BCUT2D eigenvalue weighted by atomic mass is 16.7. The van der Waals surface area contributed by atoms with Gasteiger partial charge in [0.25, 0.3) is 5.60 Å². The number of carbonyl (C=O) groups excluding carboxylic acids is 2. The molecular weight excluding hydrogens is 418 g/mol. The summed E-state index contributed by atoms with van der Waals surface area (Å²) < 4.78 is 10.7. The largest absolute Gasteiger partial charge is 0.463 e. The Labute approximate surface area is 199 Å². The molecule has 0 aromatic heterocycles. The average Bonchev–Trinajstić information content (AvgIpc) is 2.75. The standard InChI is InChI=1S/C27H41NO5/c1-7-31-23(29)27(24(30)32-8-2,21-14-10-13-18-22-16-11-9-12-17-22)33-28-25(3,4)19-15-20-26(28,5)6/h9,11-13,16-18H,7-8,10,14-15,19-21H2,1-6H3/b18-13-. The van der Waals surface area contributed by atoms with Crippen LogP contribution in [0.15, 0.2) is 36.4 Å². The molecule has 6 nitrogen and oxygen atoms in total. The van der Waals surface area contributed by atoms with E-state index >= 15 is 0 Å². The monoisotopic (exact) mass is 459 g/mol. The Kier molecular flexibility index (Phi) is 9.68. The van der Waals surface area contributed by atoms with Gasteiger partial charge in [-0.2, -0.15) is 5.06 Å². The highest BCUT2D eigenvalue weighted by Gasteiger charge is 2.56. The Morgan fingerprint density at radius 2 is 1.52 bits per heavy atom. The number of allylic oxidation sites excluding steroid dienone is 1. The number of unbranched alkanes of at least 4 members (excludes halogenated alkanes) is 1. The SMILES string of the molecule is CCOC(=O)C(CCC/C=C\c1ccccc1)(ON1C(C)(C)CCCC1(C)C)C(=O)OCC. The van der Waals surface area contributed by atoms with Crippen molar-refractivity contribution in [2.45, 2.75) is 96.7 Å². The minimum Gasteiger partial charge on any atom is -0.463 e. The van der Waals surface area contributed by atoms with Crippen LogP contribution < -0.4 is 0 Å². The molecule has 0 amide bonds. The molecule has 1 aliphatic rings. The van der Waals surface area contributed by atoms with E-state index in [1.165, 1.54) is 0 Å². The summed E-state index contributed by atoms with van der Waals surface area (Å²) in [7, 11) is 0. The number of benzene rings is 1. The second-order valence-electron chi connectivity index (χ2n) is 9.84. The van der Waals surface area contributed by atoms with E-state index in [4.69, 9.17) is 14.3 Å². The zero-order valence-electron chi connectivity index (χ0n) is 21.2. The van der Waals surface area contributed by atoms with Crippen molar-refractivity contribution >= 4 is 18.0 Å². The zero-order valence-corrected chi connectivity index (χ0v) is 21.2. The number of hydroxylamine groups is 2. The molecule has 0 atom stereocenters. The molecule has 1 aromatic rings. The molecule has 33 heavy (non-hydrogen) atoms. The molecule has 6 heteroatoms. The second-order valence-corrected chi connectivity index (χ2v) is 9.84. The Balaban J connectivity index is 2.31. The van der Waals surface area contributed by atoms with Crippen molar-refractivity contribution in [1.82, 2.24) is 5.06 Å². The number of ether oxygens (including phenoxy) is 2. The van der Waals surface area contributed by atoms with Gasteiger partial charge in [-0.3, -0.25) is 4.84 Å². The number of carbonyl (C=O) groups is 2. The first-order valence-electron chi connectivity index (χ1n) is 12.1. The molecule has 1 heterocycles. The Morgan fingerprint density at radius 3 is 2.03 bits per heavy atom. The first-order valence-corrected chi connectivity index (χ1v) is 12.1. The van der Waals surface area contributed by atoms with Gasteiger partial charge in [0.05, 0.1) is 13.2 Å². The van der Waals surface area contributed by atoms with E-state index < -0.39 is 17.5 Å². The van der Waals surface area contributed by atoms with Crippen molar-refractivity contribution in [1.29, 1.82) is 0 Å². The lowest BCUT2D eigenvalue weighted by Gasteiger charge is -2.53. The van der Waals surface area contributed by atoms with Gasteiger partial charge in [-0.15, -0.1) is 0 Å². The molecule has 0 spiro atoms. The summed E-state index contributed by atoms with van der Waals surface area (Å²) in [6.07, 6.45) is 8.36. The molecule has 1 aromatic carbocycles. The maximum Gasteiger partial charge on any atom is 0.352 e. The van der Waals surface area contributed by atoms with Gasteiger partial charge in [-0.05, 0) is 79.2 Å². The van der Waals surface area contributed by atoms with Crippen molar-refractivity contribution in [3.05, 3.63) is 42.0 Å². The molecule has 1 fully saturated rings. The van der Waals surface area contributed by atoms with Crippen LogP contribution in [0.25, 0.3) is 6.08 Å². The number of nitrogens with zero attached hydrogens (tertiary/aromatic N) is 1. The van der Waals surface area contributed by atoms with Crippen LogP contribution in [0.1, 0.15) is 85.6 Å². The number of esters is 2. The highest BCUT2D eigenvalue weighted by molar-refractivity contribution is 6.03. The fraction of sp³-hybridized carbons (Fsp3) is 0.630. The molecule has 0 saturated carbocycles. The van der Waals surface area contributed by atoms with Crippen molar-refractivity contribution in [2.24, 2.45) is 0 Å². The number of piperidine rings is 1. The second kappa shape index (κ2) is 11.8. The van der Waals surface area contributed by atoms with Gasteiger partial charge in [0.1, 0.15) is 0 Å². The van der Waals surface area contributed by atoms with E-state index in [1.54, 1.807) is 13.8 Å². The third-order valence-corrected chi connectivity index (χ3v) is 6.14. The van der Waals surface area contributed by atoms with Gasteiger partial charge in [0.2, 0.25) is 0 Å². The maximum absolute atomic E-state index is 13.3. The van der Waals surface area contributed by atoms with Gasteiger partial charge in [0, 0.05) is 17.5 Å². The van der Waals surface area contributed by atoms with E-state index in [0.717, 1.165) is 24.8 Å². The minimum absolute atomic E-state index is 0.157. The van der Waals surface area contributed by atoms with Crippen LogP contribution in [0.4, 0.5) is 0 Å². The highest BCUT2D eigenvalue weighted by Crippen LogP contribution is 2.41. The molecule has 0 radical (unpaired) electrons. The van der Waals surface area contributed by atoms with Crippen LogP contribution in [0.2, 0.25) is 0 Å². The quantitative estimate of drug-likeness (QED) is 0.240. The van der Waals surface area contributed by atoms with Gasteiger partial charge in [0.15, 0.2) is 0 Å².